The van der Waals surface area contributed by atoms with Gasteiger partial charge in [-0.25, -0.2) is 0 Å². The summed E-state index contributed by atoms with van der Waals surface area (Å²) < 4.78 is 0. The lowest BCUT2D eigenvalue weighted by Crippen LogP contribution is -2.00. The molecule has 3 atom stereocenters. The zero-order valence-corrected chi connectivity index (χ0v) is 14.9. The predicted molar refractivity (Wildman–Crippen MR) is 98.5 cm³/mol. The normalized spacial score (nSPS) is 20.9. The van der Waals surface area contributed by atoms with Gasteiger partial charge in [0.2, 0.25) is 0 Å². The van der Waals surface area contributed by atoms with Crippen LogP contribution in [0.4, 0.5) is 0 Å². The summed E-state index contributed by atoms with van der Waals surface area (Å²) in [6.45, 7) is 2.16. The summed E-state index contributed by atoms with van der Waals surface area (Å²) in [4.78, 5) is 10.4. The van der Waals surface area contributed by atoms with Crippen molar-refractivity contribution in [2.45, 2.75) is 77.2 Å². The first-order valence-electron chi connectivity index (χ1n) is 9.33. The summed E-state index contributed by atoms with van der Waals surface area (Å²) in [6.07, 6.45) is 16.9. The second-order valence-electron chi connectivity index (χ2n) is 6.70. The van der Waals surface area contributed by atoms with Crippen LogP contribution in [0, 0.1) is 23.7 Å². The maximum Gasteiger partial charge on any atom is 0.303 e. The lowest BCUT2D eigenvalue weighted by molar-refractivity contribution is -0.137. The second kappa shape index (κ2) is 12.8. The third kappa shape index (κ3) is 11.1. The van der Waals surface area contributed by atoms with E-state index < -0.39 is 5.97 Å². The molecule has 1 fully saturated rings. The number of hydrogen-bond donors (Lipinski definition) is 2. The van der Waals surface area contributed by atoms with Gasteiger partial charge in [0.05, 0.1) is 6.10 Å². The predicted octanol–water partition coefficient (Wildman–Crippen LogP) is 4.71. The highest BCUT2D eigenvalue weighted by molar-refractivity contribution is 5.66. The summed E-state index contributed by atoms with van der Waals surface area (Å²) in [5.41, 5.74) is 0. The molecule has 0 heterocycles. The van der Waals surface area contributed by atoms with Crippen molar-refractivity contribution in [3.8, 4) is 11.8 Å². The van der Waals surface area contributed by atoms with Crippen LogP contribution in [0.2, 0.25) is 0 Å². The van der Waals surface area contributed by atoms with E-state index in [0.29, 0.717) is 5.92 Å². The van der Waals surface area contributed by atoms with Crippen molar-refractivity contribution >= 4 is 5.97 Å². The van der Waals surface area contributed by atoms with Crippen molar-refractivity contribution < 1.29 is 15.0 Å². The zero-order chi connectivity index (χ0) is 17.6. The molecule has 0 amide bonds. The summed E-state index contributed by atoms with van der Waals surface area (Å²) in [6, 6.07) is 0. The average molecular weight is 332 g/mol. The van der Waals surface area contributed by atoms with E-state index in [1.807, 2.05) is 0 Å². The van der Waals surface area contributed by atoms with E-state index in [1.165, 1.54) is 19.3 Å². The summed E-state index contributed by atoms with van der Waals surface area (Å²) in [5.74, 6) is 6.96. The Morgan fingerprint density at radius 1 is 1.25 bits per heavy atom. The van der Waals surface area contributed by atoms with Crippen LogP contribution in [0.5, 0.6) is 0 Å². The molecule has 1 rings (SSSR count). The Labute approximate surface area is 146 Å². The van der Waals surface area contributed by atoms with Gasteiger partial charge in [-0.2, -0.15) is 0 Å². The summed E-state index contributed by atoms with van der Waals surface area (Å²) >= 11 is 0. The van der Waals surface area contributed by atoms with Crippen molar-refractivity contribution in [1.29, 1.82) is 0 Å². The fourth-order valence-corrected chi connectivity index (χ4v) is 2.72. The van der Waals surface area contributed by atoms with Gasteiger partial charge in [0.1, 0.15) is 0 Å². The minimum atomic E-state index is -0.716. The smallest absolute Gasteiger partial charge is 0.303 e. The molecular formula is C21H32O3. The number of carboxylic acid groups (broad SMARTS) is 1. The first-order chi connectivity index (χ1) is 11.6. The standard InChI is InChI=1S/C21H32O3/c1-2-3-7-14-20(22)15-10-6-9-13-19-17-18(19)12-8-4-5-11-16-21(23)24/h4,8,10,15,18-20,22H,2-3,5,7,11-14,16-17H2,1H3,(H,23,24)/b8-4-,15-10+/t18-,19+,20+/m1/s1. The van der Waals surface area contributed by atoms with Gasteiger partial charge in [-0.15, -0.1) is 0 Å². The molecule has 0 saturated heterocycles. The van der Waals surface area contributed by atoms with Gasteiger partial charge in [-0.3, -0.25) is 4.79 Å². The number of aliphatic carboxylic acids is 1. The van der Waals surface area contributed by atoms with E-state index in [-0.39, 0.29) is 12.5 Å². The Balaban J connectivity index is 2.04. The Morgan fingerprint density at radius 3 is 2.83 bits per heavy atom. The van der Waals surface area contributed by atoms with E-state index >= 15 is 0 Å². The van der Waals surface area contributed by atoms with Crippen LogP contribution in [0.1, 0.15) is 71.1 Å². The van der Waals surface area contributed by atoms with Gasteiger partial charge in [0, 0.05) is 12.8 Å². The molecule has 134 valence electrons. The quantitative estimate of drug-likeness (QED) is 0.309. The zero-order valence-electron chi connectivity index (χ0n) is 14.9. The van der Waals surface area contributed by atoms with Gasteiger partial charge in [0.15, 0.2) is 0 Å². The van der Waals surface area contributed by atoms with E-state index in [0.717, 1.165) is 44.4 Å². The molecule has 1 aliphatic carbocycles. The maximum atomic E-state index is 10.4. The van der Waals surface area contributed by atoms with Crippen molar-refractivity contribution in [2.75, 3.05) is 0 Å². The number of rotatable bonds is 12. The highest BCUT2D eigenvalue weighted by atomic mass is 16.4. The topological polar surface area (TPSA) is 57.5 Å². The van der Waals surface area contributed by atoms with E-state index in [9.17, 15) is 9.90 Å². The van der Waals surface area contributed by atoms with Crippen LogP contribution in [0.3, 0.4) is 0 Å². The van der Waals surface area contributed by atoms with E-state index in [1.54, 1.807) is 12.2 Å². The second-order valence-corrected chi connectivity index (χ2v) is 6.70. The number of hydrogen-bond acceptors (Lipinski definition) is 2. The number of allylic oxidation sites excluding steroid dienone is 3. The van der Waals surface area contributed by atoms with Crippen LogP contribution >= 0.6 is 0 Å². The van der Waals surface area contributed by atoms with Crippen molar-refractivity contribution in [2.24, 2.45) is 11.8 Å². The molecule has 0 bridgehead atoms. The molecule has 0 unspecified atom stereocenters. The SMILES string of the molecule is CCCCC[C@H](O)/C=C/C#CC[C@H]1C[C@H]1C/C=C\CCCC(=O)O. The molecule has 1 aliphatic rings. The Morgan fingerprint density at radius 2 is 2.08 bits per heavy atom. The fraction of sp³-hybridized carbons (Fsp3) is 0.667. The minimum absolute atomic E-state index is 0.257. The monoisotopic (exact) mass is 332 g/mol. The number of carboxylic acids is 1. The Bertz CT molecular complexity index is 467. The van der Waals surface area contributed by atoms with E-state index in [4.69, 9.17) is 5.11 Å². The molecule has 0 aliphatic heterocycles. The first-order valence-corrected chi connectivity index (χ1v) is 9.33. The summed E-state index contributed by atoms with van der Waals surface area (Å²) in [7, 11) is 0. The highest BCUT2D eigenvalue weighted by Gasteiger charge is 2.34. The molecule has 1 saturated carbocycles. The molecule has 3 heteroatoms. The largest absolute Gasteiger partial charge is 0.481 e. The number of aliphatic hydroxyl groups excluding tert-OH is 1. The third-order valence-electron chi connectivity index (χ3n) is 4.41. The van der Waals surface area contributed by atoms with Crippen molar-refractivity contribution in [1.82, 2.24) is 0 Å². The van der Waals surface area contributed by atoms with Crippen LogP contribution in [-0.2, 0) is 4.79 Å². The Hall–Kier alpha value is -1.53. The molecule has 0 radical (unpaired) electrons. The molecular weight excluding hydrogens is 300 g/mol. The molecule has 0 spiro atoms. The van der Waals surface area contributed by atoms with Crippen molar-refractivity contribution in [3.05, 3.63) is 24.3 Å². The lowest BCUT2D eigenvalue weighted by Gasteiger charge is -2.02. The van der Waals surface area contributed by atoms with Gasteiger partial charge < -0.3 is 10.2 Å². The Kier molecular flexibility index (Phi) is 11.0. The first kappa shape index (κ1) is 20.5. The number of carbonyl (C=O) groups is 1. The molecule has 0 aromatic rings. The fourth-order valence-electron chi connectivity index (χ4n) is 2.72. The van der Waals surface area contributed by atoms with Gasteiger partial charge in [-0.1, -0.05) is 50.2 Å². The molecule has 2 N–H and O–H groups in total. The average Bonchev–Trinajstić information content (AvgIpc) is 3.29. The van der Waals surface area contributed by atoms with Crippen molar-refractivity contribution in [3.63, 3.8) is 0 Å². The van der Waals surface area contributed by atoms with Gasteiger partial charge >= 0.3 is 5.97 Å². The van der Waals surface area contributed by atoms with Gasteiger partial charge in [-0.05, 0) is 56.1 Å². The third-order valence-corrected chi connectivity index (χ3v) is 4.41. The maximum absolute atomic E-state index is 10.4. The highest BCUT2D eigenvalue weighted by Crippen LogP contribution is 2.43. The van der Waals surface area contributed by atoms with Crippen LogP contribution < -0.4 is 0 Å². The molecule has 0 aromatic heterocycles. The molecule has 24 heavy (non-hydrogen) atoms. The number of aliphatic hydroxyl groups is 1. The number of unbranched alkanes of at least 4 members (excludes halogenated alkanes) is 3. The molecule has 0 aromatic carbocycles. The van der Waals surface area contributed by atoms with Gasteiger partial charge in [0.25, 0.3) is 0 Å². The van der Waals surface area contributed by atoms with Crippen LogP contribution in [0.15, 0.2) is 24.3 Å². The van der Waals surface area contributed by atoms with Crippen LogP contribution in [-0.4, -0.2) is 22.3 Å². The lowest BCUT2D eigenvalue weighted by atomic mass is 10.1. The van der Waals surface area contributed by atoms with Crippen LogP contribution in [0.25, 0.3) is 0 Å². The van der Waals surface area contributed by atoms with E-state index in [2.05, 4.69) is 30.9 Å². The summed E-state index contributed by atoms with van der Waals surface area (Å²) in [5, 5.41) is 18.3. The molecule has 3 nitrogen and oxygen atoms in total. The minimum Gasteiger partial charge on any atom is -0.481 e.